The van der Waals surface area contributed by atoms with Gasteiger partial charge in [0.2, 0.25) is 44.7 Å². The number of hydrogen-bond acceptors (Lipinski definition) is 15. The monoisotopic (exact) mass is 710 g/mol. The van der Waals surface area contributed by atoms with Gasteiger partial charge in [0.25, 0.3) is 0 Å². The molecule has 4 aromatic rings. The molecule has 45 heavy (non-hydrogen) atoms. The van der Waals surface area contributed by atoms with Crippen molar-refractivity contribution in [2.24, 2.45) is 0 Å². The molecule has 0 amide bonds. The Hall–Kier alpha value is -4.27. The minimum atomic E-state index is -1.30. The van der Waals surface area contributed by atoms with E-state index in [1.165, 1.54) is 49.3 Å². The van der Waals surface area contributed by atoms with Crippen molar-refractivity contribution in [2.75, 3.05) is 0 Å². The van der Waals surface area contributed by atoms with Crippen LogP contribution in [0.1, 0.15) is 50.7 Å². The summed E-state index contributed by atoms with van der Waals surface area (Å²) < 4.78 is 41.7. The molecular formula is C28H32O15V2. The summed E-state index contributed by atoms with van der Waals surface area (Å²) >= 11 is -2.61. The third-order valence-electron chi connectivity index (χ3n) is 5.06. The van der Waals surface area contributed by atoms with E-state index in [4.69, 9.17) is 38.1 Å². The van der Waals surface area contributed by atoms with Crippen LogP contribution in [0.2, 0.25) is 0 Å². The molecule has 4 N–H and O–H groups in total. The second kappa shape index (κ2) is 23.2. The Balaban J connectivity index is 0.000000547. The van der Waals surface area contributed by atoms with E-state index in [1.54, 1.807) is 27.7 Å². The molecule has 0 spiro atoms. The van der Waals surface area contributed by atoms with Gasteiger partial charge >= 0.3 is 43.1 Å². The van der Waals surface area contributed by atoms with Crippen LogP contribution in [0.3, 0.4) is 0 Å². The Kier molecular flexibility index (Phi) is 21.0. The molecule has 0 aromatic carbocycles. The third kappa shape index (κ3) is 14.8. The van der Waals surface area contributed by atoms with Crippen molar-refractivity contribution in [1.29, 1.82) is 0 Å². The van der Waals surface area contributed by atoms with Crippen LogP contribution in [0.25, 0.3) is 0 Å². The van der Waals surface area contributed by atoms with Crippen molar-refractivity contribution in [3.63, 3.8) is 0 Å². The van der Waals surface area contributed by atoms with Crippen LogP contribution in [-0.2, 0) is 68.8 Å². The summed E-state index contributed by atoms with van der Waals surface area (Å²) in [6.45, 7) is 7.21. The molecule has 0 radical (unpaired) electrons. The fourth-order valence-electron chi connectivity index (χ4n) is 2.82. The van der Waals surface area contributed by atoms with Gasteiger partial charge in [0.1, 0.15) is 23.0 Å². The Morgan fingerprint density at radius 2 is 0.689 bits per heavy atom. The molecule has 0 aliphatic heterocycles. The fourth-order valence-corrected chi connectivity index (χ4v) is 3.03. The van der Waals surface area contributed by atoms with Crippen molar-refractivity contribution in [2.45, 2.75) is 53.4 Å². The van der Waals surface area contributed by atoms with E-state index in [2.05, 4.69) is 2.59 Å². The van der Waals surface area contributed by atoms with Crippen LogP contribution >= 0.6 is 0 Å². The first kappa shape index (κ1) is 40.7. The van der Waals surface area contributed by atoms with Crippen LogP contribution in [-0.4, -0.2) is 20.4 Å². The van der Waals surface area contributed by atoms with E-state index in [1.807, 2.05) is 0 Å². The van der Waals surface area contributed by atoms with Gasteiger partial charge in [-0.3, -0.25) is 19.2 Å². The number of rotatable bonds is 6. The molecule has 15 nitrogen and oxygen atoms in total. The average Bonchev–Trinajstić information content (AvgIpc) is 3.04. The Morgan fingerprint density at radius 1 is 0.489 bits per heavy atom. The van der Waals surface area contributed by atoms with Gasteiger partial charge in [0.15, 0.2) is 0 Å². The van der Waals surface area contributed by atoms with Crippen molar-refractivity contribution in [3.05, 3.63) is 113 Å². The first-order chi connectivity index (χ1) is 21.4. The molecule has 0 fully saturated rings. The molecule has 0 aliphatic carbocycles. The van der Waals surface area contributed by atoms with Gasteiger partial charge in [0, 0.05) is 49.9 Å². The van der Waals surface area contributed by atoms with E-state index in [0.717, 1.165) is 0 Å². The summed E-state index contributed by atoms with van der Waals surface area (Å²) in [4.78, 5) is 42.8. The predicted molar refractivity (Wildman–Crippen MR) is 147 cm³/mol. The maximum atomic E-state index is 10.7. The van der Waals surface area contributed by atoms with Crippen molar-refractivity contribution in [3.8, 4) is 23.0 Å². The molecule has 17 heteroatoms. The first-order valence-corrected chi connectivity index (χ1v) is 15.2. The molecule has 4 aromatic heterocycles. The molecule has 0 saturated carbocycles. The molecule has 0 atom stereocenters. The van der Waals surface area contributed by atoms with Crippen molar-refractivity contribution >= 4 is 0 Å². The zero-order valence-corrected chi connectivity index (χ0v) is 27.4. The summed E-state index contributed by atoms with van der Waals surface area (Å²) in [5, 5.41) is 36.0. The van der Waals surface area contributed by atoms with Gasteiger partial charge < -0.3 is 38.1 Å². The van der Waals surface area contributed by atoms with Crippen LogP contribution in [0.4, 0.5) is 0 Å². The molecule has 4 heterocycles. The van der Waals surface area contributed by atoms with Gasteiger partial charge in [-0.05, 0) is 0 Å². The minimum absolute atomic E-state index is 0.273. The second-order valence-corrected chi connectivity index (χ2v) is 9.64. The molecule has 0 aliphatic rings. The SMILES string of the molecule is CCc1occc(=O)c1O.CCc1occc(=O)c1O.CCc1occc(=O)c1O.CCc1occc(=O)c1O.[O]=[V][O][V]=[O]. The number of hydrogen-bond donors (Lipinski definition) is 4. The Labute approximate surface area is 270 Å². The molecule has 244 valence electrons. The maximum absolute atomic E-state index is 10.7. The summed E-state index contributed by atoms with van der Waals surface area (Å²) in [7, 11) is 0. The van der Waals surface area contributed by atoms with Gasteiger partial charge in [0.05, 0.1) is 25.1 Å². The zero-order valence-electron chi connectivity index (χ0n) is 24.6. The van der Waals surface area contributed by atoms with Crippen LogP contribution < -0.4 is 21.7 Å². The molecule has 0 unspecified atom stereocenters. The molecular weight excluding hydrogens is 678 g/mol. The Morgan fingerprint density at radius 3 is 0.800 bits per heavy atom. The van der Waals surface area contributed by atoms with Gasteiger partial charge in [-0.2, -0.15) is 0 Å². The van der Waals surface area contributed by atoms with Gasteiger partial charge in [-0.1, -0.05) is 27.7 Å². The summed E-state index contributed by atoms with van der Waals surface area (Å²) in [5.74, 6) is 0.269. The number of aromatic hydroxyl groups is 4. The van der Waals surface area contributed by atoms with Gasteiger partial charge in [-0.15, -0.1) is 0 Å². The van der Waals surface area contributed by atoms with E-state index < -0.39 is 33.2 Å². The predicted octanol–water partition coefficient (Wildman–Crippen LogP) is 3.32. The van der Waals surface area contributed by atoms with Crippen molar-refractivity contribution in [1.82, 2.24) is 0 Å². The summed E-state index contributed by atoms with van der Waals surface area (Å²) in [6, 6.07) is 4.76. The standard InChI is InChI=1S/4C7H8O3.3O.2V/c4*1-2-6-7(9)5(8)3-4-10-6;;;;;/h4*3-4,9H,2H2,1H3;;;;;. The van der Waals surface area contributed by atoms with Gasteiger partial charge in [-0.25, -0.2) is 0 Å². The zero-order chi connectivity index (χ0) is 34.4. The third-order valence-corrected chi connectivity index (χ3v) is 6.13. The second-order valence-electron chi connectivity index (χ2n) is 7.87. The van der Waals surface area contributed by atoms with Crippen molar-refractivity contribution < 1.29 is 81.2 Å². The van der Waals surface area contributed by atoms with E-state index in [-0.39, 0.29) is 44.7 Å². The van der Waals surface area contributed by atoms with Crippen LogP contribution in [0.15, 0.2) is 86.2 Å². The molecule has 0 bridgehead atoms. The Bertz CT molecular complexity index is 1460. The fraction of sp³-hybridized carbons (Fsp3) is 0.286. The molecule has 0 saturated heterocycles. The normalized spacial score (nSPS) is 9.33. The topological polar surface area (TPSA) is 245 Å². The van der Waals surface area contributed by atoms with Crippen LogP contribution in [0, 0.1) is 0 Å². The van der Waals surface area contributed by atoms with E-state index in [9.17, 15) is 26.5 Å². The van der Waals surface area contributed by atoms with E-state index >= 15 is 0 Å². The van der Waals surface area contributed by atoms with E-state index in [0.29, 0.717) is 48.7 Å². The summed E-state index contributed by atoms with van der Waals surface area (Å²) in [5.41, 5.74) is -1.54. The summed E-state index contributed by atoms with van der Waals surface area (Å²) in [6.07, 6.45) is 7.23. The molecule has 4 rings (SSSR count). The van der Waals surface area contributed by atoms with Crippen LogP contribution in [0.5, 0.6) is 23.0 Å². The first-order valence-electron chi connectivity index (χ1n) is 12.9. The average molecular weight is 710 g/mol. The number of aryl methyl sites for hydroxylation is 4. The quantitative estimate of drug-likeness (QED) is 0.224.